The van der Waals surface area contributed by atoms with E-state index in [1.165, 1.54) is 32.2 Å². The summed E-state index contributed by atoms with van der Waals surface area (Å²) in [5.41, 5.74) is 2.32. The Labute approximate surface area is 155 Å². The molecule has 0 aliphatic heterocycles. The van der Waals surface area contributed by atoms with Gasteiger partial charge in [0.2, 0.25) is 5.91 Å². The number of hydrogen-bond acceptors (Lipinski definition) is 4. The molecule has 3 aromatic rings. The number of methoxy groups -OCH3 is 1. The van der Waals surface area contributed by atoms with Crippen LogP contribution in [0.15, 0.2) is 42.5 Å². The van der Waals surface area contributed by atoms with E-state index in [1.54, 1.807) is 31.2 Å². The lowest BCUT2D eigenvalue weighted by molar-refractivity contribution is -0.114. The molecule has 1 aromatic heterocycles. The largest absolute Gasteiger partial charge is 0.495 e. The van der Waals surface area contributed by atoms with Crippen LogP contribution in [0.1, 0.15) is 23.0 Å². The van der Waals surface area contributed by atoms with Gasteiger partial charge in [-0.25, -0.2) is 4.39 Å². The Bertz CT molecular complexity index is 1040. The lowest BCUT2D eigenvalue weighted by Crippen LogP contribution is -2.14. The number of aryl methyl sites for hydroxylation is 1. The zero-order valence-electron chi connectivity index (χ0n) is 15.1. The van der Waals surface area contributed by atoms with Crippen LogP contribution in [0.4, 0.5) is 15.8 Å². The van der Waals surface area contributed by atoms with Crippen molar-refractivity contribution in [3.8, 4) is 5.75 Å². The topological polar surface area (TPSA) is 80.3 Å². The summed E-state index contributed by atoms with van der Waals surface area (Å²) in [6.07, 6.45) is 0. The van der Waals surface area contributed by atoms with Crippen molar-refractivity contribution in [1.29, 1.82) is 0 Å². The van der Waals surface area contributed by atoms with Crippen molar-refractivity contribution < 1.29 is 18.7 Å². The highest BCUT2D eigenvalue weighted by atomic mass is 19.1. The van der Waals surface area contributed by atoms with Gasteiger partial charge < -0.3 is 15.4 Å². The van der Waals surface area contributed by atoms with Crippen LogP contribution in [0.2, 0.25) is 0 Å². The van der Waals surface area contributed by atoms with Crippen molar-refractivity contribution in [2.24, 2.45) is 0 Å². The zero-order chi connectivity index (χ0) is 19.6. The minimum absolute atomic E-state index is 0.255. The maximum Gasteiger partial charge on any atom is 0.256 e. The van der Waals surface area contributed by atoms with Crippen LogP contribution in [0.5, 0.6) is 5.75 Å². The Kier molecular flexibility index (Phi) is 5.03. The first-order valence-electron chi connectivity index (χ1n) is 8.21. The number of aromatic nitrogens is 1. The van der Waals surface area contributed by atoms with Crippen LogP contribution in [0.3, 0.4) is 0 Å². The molecular formula is C20H18FN3O3. The summed E-state index contributed by atoms with van der Waals surface area (Å²) in [4.78, 5) is 28.4. The van der Waals surface area contributed by atoms with Gasteiger partial charge in [-0.15, -0.1) is 0 Å². The number of fused-ring (bicyclic) bond motifs is 1. The molecule has 3 rings (SSSR count). The summed E-state index contributed by atoms with van der Waals surface area (Å²) in [6.45, 7) is 3.12. The predicted octanol–water partition coefficient (Wildman–Crippen LogP) is 3.90. The molecule has 0 fully saturated rings. The molecule has 1 heterocycles. The molecule has 7 heteroatoms. The van der Waals surface area contributed by atoms with E-state index in [1.807, 2.05) is 0 Å². The van der Waals surface area contributed by atoms with Gasteiger partial charge in [-0.1, -0.05) is 0 Å². The number of carbonyl (C=O) groups excluding carboxylic acids is 2. The molecule has 2 N–H and O–H groups in total. The van der Waals surface area contributed by atoms with E-state index in [0.29, 0.717) is 39.3 Å². The second kappa shape index (κ2) is 7.41. The summed E-state index contributed by atoms with van der Waals surface area (Å²) >= 11 is 0. The van der Waals surface area contributed by atoms with Gasteiger partial charge in [-0.3, -0.25) is 14.6 Å². The average Bonchev–Trinajstić information content (AvgIpc) is 2.60. The van der Waals surface area contributed by atoms with Crippen LogP contribution in [-0.2, 0) is 4.79 Å². The van der Waals surface area contributed by atoms with Gasteiger partial charge in [0.15, 0.2) is 0 Å². The number of carbonyl (C=O) groups is 2. The highest BCUT2D eigenvalue weighted by molar-refractivity contribution is 6.12. The summed E-state index contributed by atoms with van der Waals surface area (Å²) < 4.78 is 18.7. The Morgan fingerprint density at radius 3 is 2.56 bits per heavy atom. The summed E-state index contributed by atoms with van der Waals surface area (Å²) in [5.74, 6) is -0.559. The third-order valence-corrected chi connectivity index (χ3v) is 3.91. The highest BCUT2D eigenvalue weighted by Gasteiger charge is 2.14. The van der Waals surface area contributed by atoms with E-state index in [4.69, 9.17) is 4.74 Å². The van der Waals surface area contributed by atoms with Crippen molar-refractivity contribution in [1.82, 2.24) is 4.98 Å². The van der Waals surface area contributed by atoms with Crippen LogP contribution in [0, 0.1) is 12.7 Å². The Morgan fingerprint density at radius 1 is 1.07 bits per heavy atom. The lowest BCUT2D eigenvalue weighted by atomic mass is 10.1. The fourth-order valence-corrected chi connectivity index (χ4v) is 2.79. The number of anilines is 2. The van der Waals surface area contributed by atoms with Gasteiger partial charge >= 0.3 is 0 Å². The Balaban J connectivity index is 1.96. The van der Waals surface area contributed by atoms with Crippen molar-refractivity contribution in [3.05, 3.63) is 59.5 Å². The van der Waals surface area contributed by atoms with Gasteiger partial charge in [-0.2, -0.15) is 0 Å². The first kappa shape index (κ1) is 18.3. The van der Waals surface area contributed by atoms with E-state index in [-0.39, 0.29) is 11.8 Å². The molecule has 2 aromatic carbocycles. The average molecular weight is 367 g/mol. The van der Waals surface area contributed by atoms with E-state index in [2.05, 4.69) is 15.6 Å². The molecule has 6 nitrogen and oxygen atoms in total. The maximum absolute atomic E-state index is 13.5. The number of amides is 2. The molecule has 0 aliphatic carbocycles. The molecule has 27 heavy (non-hydrogen) atoms. The van der Waals surface area contributed by atoms with E-state index in [0.717, 1.165) is 0 Å². The number of pyridine rings is 1. The third kappa shape index (κ3) is 4.03. The minimum Gasteiger partial charge on any atom is -0.495 e. The smallest absolute Gasteiger partial charge is 0.256 e. The zero-order valence-corrected chi connectivity index (χ0v) is 15.1. The molecule has 0 saturated carbocycles. The van der Waals surface area contributed by atoms with E-state index < -0.39 is 5.82 Å². The number of rotatable bonds is 4. The normalized spacial score (nSPS) is 10.5. The maximum atomic E-state index is 13.5. The number of nitrogens with one attached hydrogen (secondary N) is 2. The van der Waals surface area contributed by atoms with Crippen molar-refractivity contribution in [2.45, 2.75) is 13.8 Å². The van der Waals surface area contributed by atoms with Gasteiger partial charge in [0.1, 0.15) is 11.6 Å². The van der Waals surface area contributed by atoms with E-state index in [9.17, 15) is 14.0 Å². The second-order valence-corrected chi connectivity index (χ2v) is 6.02. The number of halogens is 1. The molecule has 0 aliphatic rings. The van der Waals surface area contributed by atoms with Gasteiger partial charge in [0, 0.05) is 29.8 Å². The van der Waals surface area contributed by atoms with Gasteiger partial charge in [0.05, 0.1) is 23.9 Å². The molecule has 0 saturated heterocycles. The van der Waals surface area contributed by atoms with Crippen molar-refractivity contribution in [3.63, 3.8) is 0 Å². The quantitative estimate of drug-likeness (QED) is 0.733. The Morgan fingerprint density at radius 2 is 1.85 bits per heavy atom. The number of hydrogen-bond donors (Lipinski definition) is 2. The fraction of sp³-hybridized carbons (Fsp3) is 0.150. The Hall–Kier alpha value is -3.48. The van der Waals surface area contributed by atoms with E-state index >= 15 is 0 Å². The standard InChI is InChI=1S/C20H18FN3O3/c1-11-8-16(15-6-4-13(21)9-17(15)22-11)20(26)24-14-5-7-19(27-3)18(10-14)23-12(2)25/h4-10H,1-3H3,(H,23,25)(H,24,26). The molecule has 0 spiro atoms. The predicted molar refractivity (Wildman–Crippen MR) is 102 cm³/mol. The molecule has 0 unspecified atom stereocenters. The first-order chi connectivity index (χ1) is 12.9. The molecule has 0 bridgehead atoms. The van der Waals surface area contributed by atoms with Crippen LogP contribution in [0.25, 0.3) is 10.9 Å². The molecule has 0 radical (unpaired) electrons. The lowest BCUT2D eigenvalue weighted by Gasteiger charge is -2.13. The molecule has 138 valence electrons. The molecular weight excluding hydrogens is 349 g/mol. The fourth-order valence-electron chi connectivity index (χ4n) is 2.79. The second-order valence-electron chi connectivity index (χ2n) is 6.02. The summed E-state index contributed by atoms with van der Waals surface area (Å²) in [7, 11) is 1.49. The number of nitrogens with zero attached hydrogens (tertiary/aromatic N) is 1. The first-order valence-corrected chi connectivity index (χ1v) is 8.21. The molecule has 2 amide bonds. The van der Waals surface area contributed by atoms with Crippen molar-refractivity contribution >= 4 is 34.1 Å². The minimum atomic E-state index is -0.415. The van der Waals surface area contributed by atoms with Crippen LogP contribution in [-0.4, -0.2) is 23.9 Å². The number of ether oxygens (including phenoxy) is 1. The van der Waals surface area contributed by atoms with Crippen molar-refractivity contribution in [2.75, 3.05) is 17.7 Å². The highest BCUT2D eigenvalue weighted by Crippen LogP contribution is 2.28. The van der Waals surface area contributed by atoms with Gasteiger partial charge in [0.25, 0.3) is 5.91 Å². The van der Waals surface area contributed by atoms with Crippen LogP contribution < -0.4 is 15.4 Å². The summed E-state index contributed by atoms with van der Waals surface area (Å²) in [6, 6.07) is 10.7. The summed E-state index contributed by atoms with van der Waals surface area (Å²) in [5, 5.41) is 6.00. The monoisotopic (exact) mass is 367 g/mol. The third-order valence-electron chi connectivity index (χ3n) is 3.91. The SMILES string of the molecule is COc1ccc(NC(=O)c2cc(C)nc3cc(F)ccc23)cc1NC(C)=O. The number of benzene rings is 2. The van der Waals surface area contributed by atoms with Gasteiger partial charge in [-0.05, 0) is 43.3 Å². The van der Waals surface area contributed by atoms with Crippen LogP contribution >= 0.6 is 0 Å². The molecule has 0 atom stereocenters.